The van der Waals surface area contributed by atoms with Gasteiger partial charge in [-0.3, -0.25) is 15.1 Å². The summed E-state index contributed by atoms with van der Waals surface area (Å²) in [4.78, 5) is 36.3. The molecule has 2 rings (SSSR count). The molecule has 0 saturated heterocycles. The van der Waals surface area contributed by atoms with Crippen LogP contribution in [-0.4, -0.2) is 73.0 Å². The maximum atomic E-state index is 12.3. The maximum absolute atomic E-state index is 12.3. The number of rotatable bonds is 8. The van der Waals surface area contributed by atoms with Gasteiger partial charge in [-0.05, 0) is 45.6 Å². The first-order valence-corrected chi connectivity index (χ1v) is 9.26. The predicted octanol–water partition coefficient (Wildman–Crippen LogP) is 2.46. The number of carbonyl (C=O) groups is 2. The van der Waals surface area contributed by atoms with Crippen molar-refractivity contribution in [2.24, 2.45) is 0 Å². The lowest BCUT2D eigenvalue weighted by Crippen LogP contribution is -2.23. The van der Waals surface area contributed by atoms with E-state index in [1.165, 1.54) is 11.1 Å². The first-order valence-electron chi connectivity index (χ1n) is 9.26. The van der Waals surface area contributed by atoms with Crippen molar-refractivity contribution in [3.05, 3.63) is 41.9 Å². The molecule has 0 aliphatic rings. The van der Waals surface area contributed by atoms with E-state index in [-0.39, 0.29) is 5.91 Å². The van der Waals surface area contributed by atoms with Gasteiger partial charge in [0.1, 0.15) is 5.75 Å². The molecule has 0 aliphatic carbocycles. The molecule has 156 valence electrons. The van der Waals surface area contributed by atoms with E-state index >= 15 is 0 Å². The molecule has 0 fully saturated rings. The van der Waals surface area contributed by atoms with Gasteiger partial charge in [-0.15, -0.1) is 0 Å². The summed E-state index contributed by atoms with van der Waals surface area (Å²) in [6, 6.07) is 4.46. The number of aryl methyl sites for hydroxylation is 1. The van der Waals surface area contributed by atoms with E-state index in [0.717, 1.165) is 18.7 Å². The number of urea groups is 1. The minimum absolute atomic E-state index is 0.144. The largest absolute Gasteiger partial charge is 0.491 e. The summed E-state index contributed by atoms with van der Waals surface area (Å²) in [5.74, 6) is 0.622. The van der Waals surface area contributed by atoms with Crippen LogP contribution in [0.2, 0.25) is 0 Å². The number of anilines is 2. The summed E-state index contributed by atoms with van der Waals surface area (Å²) in [5, 5.41) is 5.36. The number of ether oxygens (including phenoxy) is 1. The van der Waals surface area contributed by atoms with Crippen LogP contribution in [0.4, 0.5) is 16.3 Å². The van der Waals surface area contributed by atoms with Crippen LogP contribution < -0.4 is 15.4 Å². The van der Waals surface area contributed by atoms with Crippen molar-refractivity contribution in [3.8, 4) is 5.75 Å². The average molecular weight is 400 g/mol. The van der Waals surface area contributed by atoms with E-state index in [1.54, 1.807) is 38.5 Å². The van der Waals surface area contributed by atoms with E-state index in [4.69, 9.17) is 4.74 Å². The lowest BCUT2D eigenvalue weighted by molar-refractivity contribution is 0.0827. The van der Waals surface area contributed by atoms with E-state index in [1.807, 2.05) is 21.0 Å². The second kappa shape index (κ2) is 10.4. The summed E-state index contributed by atoms with van der Waals surface area (Å²) in [7, 11) is 7.34. The topological polar surface area (TPSA) is 99.7 Å². The van der Waals surface area contributed by atoms with Gasteiger partial charge in [0, 0.05) is 26.2 Å². The van der Waals surface area contributed by atoms with E-state index in [9.17, 15) is 9.59 Å². The monoisotopic (exact) mass is 400 g/mol. The zero-order chi connectivity index (χ0) is 21.4. The molecule has 0 bridgehead atoms. The Morgan fingerprint density at radius 1 is 1.07 bits per heavy atom. The number of nitrogens with zero attached hydrogens (tertiary/aromatic N) is 4. The Morgan fingerprint density at radius 3 is 2.45 bits per heavy atom. The van der Waals surface area contributed by atoms with Crippen molar-refractivity contribution in [2.45, 2.75) is 13.3 Å². The molecule has 0 unspecified atom stereocenters. The molecule has 3 amide bonds. The van der Waals surface area contributed by atoms with Crippen LogP contribution in [0.1, 0.15) is 22.5 Å². The Morgan fingerprint density at radius 2 is 1.83 bits per heavy atom. The van der Waals surface area contributed by atoms with Gasteiger partial charge in [0.05, 0.1) is 30.4 Å². The highest BCUT2D eigenvalue weighted by Crippen LogP contribution is 2.27. The number of hydrogen-bond donors (Lipinski definition) is 2. The molecule has 0 spiro atoms. The third-order valence-electron chi connectivity index (χ3n) is 3.91. The van der Waals surface area contributed by atoms with Crippen LogP contribution >= 0.6 is 0 Å². The van der Waals surface area contributed by atoms with E-state index in [2.05, 4.69) is 25.5 Å². The normalized spacial score (nSPS) is 10.6. The minimum Gasteiger partial charge on any atom is -0.491 e. The molecule has 1 aromatic carbocycles. The summed E-state index contributed by atoms with van der Waals surface area (Å²) >= 11 is 0. The van der Waals surface area contributed by atoms with Crippen molar-refractivity contribution in [2.75, 3.05) is 52.0 Å². The van der Waals surface area contributed by atoms with Gasteiger partial charge >= 0.3 is 6.03 Å². The lowest BCUT2D eigenvalue weighted by atomic mass is 10.1. The molecule has 0 radical (unpaired) electrons. The van der Waals surface area contributed by atoms with Gasteiger partial charge in [-0.25, -0.2) is 9.78 Å². The number of hydrogen-bond acceptors (Lipinski definition) is 6. The summed E-state index contributed by atoms with van der Waals surface area (Å²) in [6.45, 7) is 3.14. The number of amides is 3. The van der Waals surface area contributed by atoms with Crippen molar-refractivity contribution in [1.82, 2.24) is 19.8 Å². The molecule has 9 nitrogen and oxygen atoms in total. The van der Waals surface area contributed by atoms with Crippen LogP contribution in [-0.2, 0) is 0 Å². The Balaban J connectivity index is 2.13. The van der Waals surface area contributed by atoms with Crippen molar-refractivity contribution >= 4 is 23.4 Å². The van der Waals surface area contributed by atoms with E-state index < -0.39 is 6.03 Å². The standard InChI is InChI=1S/C20H28N6O3/c1-14-12-22-18(13-21-14)24-20(28)23-16-8-7-15(19(27)26(4)5)11-17(16)29-10-6-9-25(2)3/h7-8,11-13H,6,9-10H2,1-5H3,(H2,22,23,24,28). The highest BCUT2D eigenvalue weighted by molar-refractivity contribution is 6.01. The van der Waals surface area contributed by atoms with Gasteiger partial charge < -0.3 is 19.9 Å². The van der Waals surface area contributed by atoms with Crippen LogP contribution in [0, 0.1) is 6.92 Å². The Bertz CT molecular complexity index is 837. The second-order valence-electron chi connectivity index (χ2n) is 7.04. The first kappa shape index (κ1) is 22.1. The minimum atomic E-state index is -0.479. The Kier molecular flexibility index (Phi) is 7.90. The molecule has 2 aromatic rings. The summed E-state index contributed by atoms with van der Waals surface area (Å²) in [6.07, 6.45) is 3.85. The van der Waals surface area contributed by atoms with Gasteiger partial charge in [-0.1, -0.05) is 0 Å². The Labute approximate surface area is 171 Å². The summed E-state index contributed by atoms with van der Waals surface area (Å²) in [5.41, 5.74) is 1.70. The van der Waals surface area contributed by atoms with Gasteiger partial charge in [0.15, 0.2) is 5.82 Å². The maximum Gasteiger partial charge on any atom is 0.324 e. The third-order valence-corrected chi connectivity index (χ3v) is 3.91. The van der Waals surface area contributed by atoms with Gasteiger partial charge in [0.2, 0.25) is 0 Å². The fourth-order valence-corrected chi connectivity index (χ4v) is 2.43. The quantitative estimate of drug-likeness (QED) is 0.661. The molecule has 1 heterocycles. The average Bonchev–Trinajstić information content (AvgIpc) is 2.67. The van der Waals surface area contributed by atoms with Gasteiger partial charge in [-0.2, -0.15) is 0 Å². The molecule has 1 aromatic heterocycles. The molecule has 2 N–H and O–H groups in total. The van der Waals surface area contributed by atoms with E-state index in [0.29, 0.717) is 29.4 Å². The van der Waals surface area contributed by atoms with Crippen molar-refractivity contribution in [3.63, 3.8) is 0 Å². The number of aromatic nitrogens is 2. The smallest absolute Gasteiger partial charge is 0.324 e. The molecular formula is C20H28N6O3. The number of benzene rings is 1. The molecule has 29 heavy (non-hydrogen) atoms. The van der Waals surface area contributed by atoms with Crippen molar-refractivity contribution < 1.29 is 14.3 Å². The number of nitrogens with one attached hydrogen (secondary N) is 2. The molecule has 0 aliphatic heterocycles. The van der Waals surface area contributed by atoms with Gasteiger partial charge in [0.25, 0.3) is 5.91 Å². The zero-order valence-electron chi connectivity index (χ0n) is 17.5. The van der Waals surface area contributed by atoms with Crippen LogP contribution in [0.25, 0.3) is 0 Å². The van der Waals surface area contributed by atoms with Crippen molar-refractivity contribution in [1.29, 1.82) is 0 Å². The second-order valence-corrected chi connectivity index (χ2v) is 7.04. The summed E-state index contributed by atoms with van der Waals surface area (Å²) < 4.78 is 5.86. The highest BCUT2D eigenvalue weighted by atomic mass is 16.5. The fourth-order valence-electron chi connectivity index (χ4n) is 2.43. The highest BCUT2D eigenvalue weighted by Gasteiger charge is 2.14. The molecule has 0 atom stereocenters. The zero-order valence-corrected chi connectivity index (χ0v) is 17.5. The van der Waals surface area contributed by atoms with Crippen LogP contribution in [0.15, 0.2) is 30.6 Å². The van der Waals surface area contributed by atoms with Crippen LogP contribution in [0.3, 0.4) is 0 Å². The molecule has 0 saturated carbocycles. The fraction of sp³-hybridized carbons (Fsp3) is 0.400. The lowest BCUT2D eigenvalue weighted by Gasteiger charge is -2.16. The number of carbonyl (C=O) groups excluding carboxylic acids is 2. The Hall–Kier alpha value is -3.20. The SMILES string of the molecule is Cc1cnc(NC(=O)Nc2ccc(C(=O)N(C)C)cc2OCCCN(C)C)cn1. The molecular weight excluding hydrogens is 372 g/mol. The molecule has 9 heteroatoms. The van der Waals surface area contributed by atoms with Crippen LogP contribution in [0.5, 0.6) is 5.75 Å². The predicted molar refractivity (Wildman–Crippen MR) is 113 cm³/mol. The first-order chi connectivity index (χ1) is 13.8. The third kappa shape index (κ3) is 7.04.